The van der Waals surface area contributed by atoms with Crippen molar-refractivity contribution in [2.24, 2.45) is 0 Å². The molecule has 234 valence electrons. The zero-order valence-electron chi connectivity index (χ0n) is 27.0. The van der Waals surface area contributed by atoms with Crippen LogP contribution in [0.25, 0.3) is 33.7 Å². The summed E-state index contributed by atoms with van der Waals surface area (Å²) >= 11 is 0. The lowest BCUT2D eigenvalue weighted by atomic mass is 9.87. The van der Waals surface area contributed by atoms with Gasteiger partial charge < -0.3 is 19.3 Å². The lowest BCUT2D eigenvalue weighted by Gasteiger charge is -2.20. The van der Waals surface area contributed by atoms with Crippen LogP contribution in [0.3, 0.4) is 0 Å². The van der Waals surface area contributed by atoms with Crippen LogP contribution < -0.4 is 0 Å². The molecule has 0 atom stereocenters. The second-order valence-corrected chi connectivity index (χ2v) is 13.9. The number of benzene rings is 4. The molecule has 2 aromatic heterocycles. The number of aromatic carboxylic acids is 2. The maximum atomic E-state index is 12.3. The molecule has 8 heteroatoms. The van der Waals surface area contributed by atoms with Crippen LogP contribution in [0, 0.1) is 0 Å². The summed E-state index contributed by atoms with van der Waals surface area (Å²) in [6.45, 7) is 13.8. The summed E-state index contributed by atoms with van der Waals surface area (Å²) in [6, 6.07) is 27.1. The van der Waals surface area contributed by atoms with E-state index in [4.69, 9.17) is 9.97 Å². The smallest absolute Gasteiger partial charge is 0.337 e. The van der Waals surface area contributed by atoms with Gasteiger partial charge in [-0.15, -0.1) is 0 Å². The fraction of sp³-hybridized carbons (Fsp3) is 0.263. The number of carboxylic acids is 2. The average Bonchev–Trinajstić information content (AvgIpc) is 3.54. The Balaban J connectivity index is 1.59. The van der Waals surface area contributed by atoms with Gasteiger partial charge in [0, 0.05) is 13.1 Å². The molecule has 2 N–H and O–H groups in total. The van der Waals surface area contributed by atoms with E-state index in [1.54, 1.807) is 24.3 Å². The van der Waals surface area contributed by atoms with Gasteiger partial charge in [0.05, 0.1) is 22.2 Å². The van der Waals surface area contributed by atoms with Crippen molar-refractivity contribution < 1.29 is 19.8 Å². The van der Waals surface area contributed by atoms with Gasteiger partial charge in [-0.3, -0.25) is 0 Å². The van der Waals surface area contributed by atoms with Crippen LogP contribution in [0.1, 0.15) is 84.5 Å². The molecule has 0 aliphatic rings. The van der Waals surface area contributed by atoms with Crippen molar-refractivity contribution in [3.05, 3.63) is 118 Å². The topological polar surface area (TPSA) is 110 Å². The Kier molecular flexibility index (Phi) is 7.55. The van der Waals surface area contributed by atoms with Gasteiger partial charge in [-0.25, -0.2) is 19.6 Å². The number of rotatable bonds is 7. The van der Waals surface area contributed by atoms with Crippen LogP contribution in [-0.4, -0.2) is 41.3 Å². The first-order chi connectivity index (χ1) is 21.7. The molecule has 0 spiro atoms. The SMILES string of the molecule is CC(C)(C)c1ccc(Cn2c(-c3nc4c(C(=O)O)cccc4n3Cc3ccc(C(C)(C)C)cc3)nc3c(C(=O)O)cccc32)cc1. The molecule has 0 aliphatic carbocycles. The normalized spacial score (nSPS) is 12.2. The number of nitrogens with zero attached hydrogens (tertiary/aromatic N) is 4. The standard InChI is InChI=1S/C38H38N4O4/c1-37(2,3)25-17-13-23(14-18-25)21-41-29-11-7-9-27(35(43)44)31(29)39-33(41)34-40-32-28(36(45)46)10-8-12-30(32)42(34)22-24-15-19-26(20-16-24)38(4,5)6/h7-20H,21-22H2,1-6H3,(H,43,44)(H,45,46). The molecule has 4 aromatic carbocycles. The summed E-state index contributed by atoms with van der Waals surface area (Å²) in [7, 11) is 0. The Morgan fingerprint density at radius 2 is 0.913 bits per heavy atom. The zero-order chi connectivity index (χ0) is 33.0. The predicted octanol–water partition coefficient (Wildman–Crippen LogP) is 8.14. The Morgan fingerprint density at radius 3 is 1.22 bits per heavy atom. The quantitative estimate of drug-likeness (QED) is 0.188. The number of fused-ring (bicyclic) bond motifs is 2. The van der Waals surface area contributed by atoms with E-state index in [9.17, 15) is 19.8 Å². The van der Waals surface area contributed by atoms with Gasteiger partial charge in [0.1, 0.15) is 11.0 Å². The highest BCUT2D eigenvalue weighted by atomic mass is 16.4. The number of carbonyl (C=O) groups is 2. The third-order valence-electron chi connectivity index (χ3n) is 8.54. The molecular formula is C38H38N4O4. The van der Waals surface area contributed by atoms with Crippen LogP contribution in [-0.2, 0) is 23.9 Å². The highest BCUT2D eigenvalue weighted by Crippen LogP contribution is 2.33. The summed E-state index contributed by atoms with van der Waals surface area (Å²) in [5.74, 6) is -1.22. The van der Waals surface area contributed by atoms with Gasteiger partial charge in [0.25, 0.3) is 0 Å². The summed E-state index contributed by atoms with van der Waals surface area (Å²) in [6.07, 6.45) is 0. The molecular weight excluding hydrogens is 576 g/mol. The lowest BCUT2D eigenvalue weighted by molar-refractivity contribution is 0.0688. The molecule has 6 rings (SSSR count). The molecule has 0 saturated carbocycles. The predicted molar refractivity (Wildman–Crippen MR) is 181 cm³/mol. The van der Waals surface area contributed by atoms with E-state index < -0.39 is 11.9 Å². The number of para-hydroxylation sites is 2. The summed E-state index contributed by atoms with van der Waals surface area (Å²) in [4.78, 5) is 34.4. The third kappa shape index (κ3) is 5.67. The number of imidazole rings is 2. The molecule has 0 amide bonds. The van der Waals surface area contributed by atoms with E-state index in [2.05, 4.69) is 90.1 Å². The number of hydrogen-bond donors (Lipinski definition) is 2. The molecule has 8 nitrogen and oxygen atoms in total. The van der Waals surface area contributed by atoms with Crippen LogP contribution in [0.15, 0.2) is 84.9 Å². The van der Waals surface area contributed by atoms with Gasteiger partial charge in [-0.05, 0) is 57.3 Å². The van der Waals surface area contributed by atoms with Crippen molar-refractivity contribution in [2.45, 2.75) is 65.5 Å². The number of hydrogen-bond acceptors (Lipinski definition) is 4. The Morgan fingerprint density at radius 1 is 0.565 bits per heavy atom. The average molecular weight is 615 g/mol. The highest BCUT2D eigenvalue weighted by molar-refractivity contribution is 6.03. The Hall–Kier alpha value is -5.24. The van der Waals surface area contributed by atoms with Crippen molar-refractivity contribution in [3.63, 3.8) is 0 Å². The van der Waals surface area contributed by atoms with Gasteiger partial charge in [-0.2, -0.15) is 0 Å². The maximum Gasteiger partial charge on any atom is 0.337 e. The fourth-order valence-electron chi connectivity index (χ4n) is 5.89. The number of aromatic nitrogens is 4. The second-order valence-electron chi connectivity index (χ2n) is 13.9. The van der Waals surface area contributed by atoms with E-state index in [1.165, 1.54) is 11.1 Å². The third-order valence-corrected chi connectivity index (χ3v) is 8.54. The van der Waals surface area contributed by atoms with E-state index >= 15 is 0 Å². The first-order valence-electron chi connectivity index (χ1n) is 15.4. The monoisotopic (exact) mass is 614 g/mol. The largest absolute Gasteiger partial charge is 0.478 e. The van der Waals surface area contributed by atoms with E-state index in [0.29, 0.717) is 46.8 Å². The van der Waals surface area contributed by atoms with E-state index in [1.807, 2.05) is 21.3 Å². The first kappa shape index (κ1) is 30.8. The molecule has 0 unspecified atom stereocenters. The zero-order valence-corrected chi connectivity index (χ0v) is 27.0. The molecule has 0 radical (unpaired) electrons. The minimum Gasteiger partial charge on any atom is -0.478 e. The van der Waals surface area contributed by atoms with E-state index in [-0.39, 0.29) is 22.0 Å². The highest BCUT2D eigenvalue weighted by Gasteiger charge is 2.25. The molecule has 0 fully saturated rings. The molecule has 0 aliphatic heterocycles. The summed E-state index contributed by atoms with van der Waals surface area (Å²) in [5.41, 5.74) is 6.63. The molecule has 46 heavy (non-hydrogen) atoms. The number of carboxylic acid groups (broad SMARTS) is 2. The second kappa shape index (κ2) is 11.3. The van der Waals surface area contributed by atoms with Crippen LogP contribution in [0.5, 0.6) is 0 Å². The minimum absolute atomic E-state index is 0.000426. The lowest BCUT2D eigenvalue weighted by Crippen LogP contribution is -2.12. The van der Waals surface area contributed by atoms with Gasteiger partial charge in [0.2, 0.25) is 0 Å². The minimum atomic E-state index is -1.07. The Bertz CT molecular complexity index is 1950. The van der Waals surface area contributed by atoms with Crippen molar-refractivity contribution in [1.82, 2.24) is 19.1 Å². The molecule has 0 saturated heterocycles. The fourth-order valence-corrected chi connectivity index (χ4v) is 5.89. The van der Waals surface area contributed by atoms with Crippen LogP contribution >= 0.6 is 0 Å². The maximum absolute atomic E-state index is 12.3. The van der Waals surface area contributed by atoms with Crippen LogP contribution in [0.2, 0.25) is 0 Å². The van der Waals surface area contributed by atoms with Crippen molar-refractivity contribution >= 4 is 34.0 Å². The van der Waals surface area contributed by atoms with Gasteiger partial charge in [0.15, 0.2) is 11.6 Å². The summed E-state index contributed by atoms with van der Waals surface area (Å²) < 4.78 is 3.96. The van der Waals surface area contributed by atoms with Crippen molar-refractivity contribution in [3.8, 4) is 11.6 Å². The molecule has 2 heterocycles. The van der Waals surface area contributed by atoms with Crippen LogP contribution in [0.4, 0.5) is 0 Å². The van der Waals surface area contributed by atoms with Gasteiger partial charge in [-0.1, -0.05) is 102 Å². The van der Waals surface area contributed by atoms with E-state index in [0.717, 1.165) is 11.1 Å². The first-order valence-corrected chi connectivity index (χ1v) is 15.4. The molecule has 6 aromatic rings. The van der Waals surface area contributed by atoms with Gasteiger partial charge >= 0.3 is 11.9 Å². The van der Waals surface area contributed by atoms with Crippen molar-refractivity contribution in [2.75, 3.05) is 0 Å². The Labute approximate surface area is 268 Å². The summed E-state index contributed by atoms with van der Waals surface area (Å²) in [5, 5.41) is 20.1. The molecule has 0 bridgehead atoms. The van der Waals surface area contributed by atoms with Crippen molar-refractivity contribution in [1.29, 1.82) is 0 Å².